The van der Waals surface area contributed by atoms with Crippen molar-refractivity contribution in [2.45, 2.75) is 56.3 Å². The molecular weight excluding hydrogens is 314 g/mol. The third-order valence-corrected chi connectivity index (χ3v) is 7.05. The molecule has 128 valence electrons. The highest BCUT2D eigenvalue weighted by molar-refractivity contribution is 7.89. The summed E-state index contributed by atoms with van der Waals surface area (Å²) in [7, 11) is -1.83. The summed E-state index contributed by atoms with van der Waals surface area (Å²) in [4.78, 5) is 0.415. The van der Waals surface area contributed by atoms with E-state index < -0.39 is 10.0 Å². The monoisotopic (exact) mass is 339 g/mol. The first-order valence-electron chi connectivity index (χ1n) is 8.17. The van der Waals surface area contributed by atoms with Crippen molar-refractivity contribution in [3.05, 3.63) is 29.3 Å². The normalized spacial score (nSPS) is 29.3. The number of hydrogen-bond acceptors (Lipinski definition) is 4. The first-order valence-corrected chi connectivity index (χ1v) is 9.61. The number of benzene rings is 1. The van der Waals surface area contributed by atoms with E-state index in [0.29, 0.717) is 24.5 Å². The van der Waals surface area contributed by atoms with Crippen LogP contribution >= 0.6 is 0 Å². The average Bonchev–Trinajstić information content (AvgIpc) is 2.55. The van der Waals surface area contributed by atoms with Crippen molar-refractivity contribution in [3.63, 3.8) is 0 Å². The molecule has 1 saturated carbocycles. The maximum Gasteiger partial charge on any atom is 0.243 e. The molecule has 3 atom stereocenters. The molecule has 23 heavy (non-hydrogen) atoms. The number of ether oxygens (including phenoxy) is 2. The van der Waals surface area contributed by atoms with Crippen LogP contribution in [0.1, 0.15) is 30.4 Å². The van der Waals surface area contributed by atoms with Crippen molar-refractivity contribution in [2.24, 2.45) is 0 Å². The van der Waals surface area contributed by atoms with E-state index in [2.05, 4.69) is 0 Å². The minimum absolute atomic E-state index is 0.0185. The van der Waals surface area contributed by atoms with Gasteiger partial charge in [-0.25, -0.2) is 8.42 Å². The van der Waals surface area contributed by atoms with Crippen molar-refractivity contribution < 1.29 is 17.9 Å². The van der Waals surface area contributed by atoms with Crippen molar-refractivity contribution >= 4 is 10.0 Å². The Morgan fingerprint density at radius 3 is 2.78 bits per heavy atom. The summed E-state index contributed by atoms with van der Waals surface area (Å²) >= 11 is 0. The van der Waals surface area contributed by atoms with Gasteiger partial charge >= 0.3 is 0 Å². The standard InChI is InChI=1S/C17H25NO4S/c1-12-4-5-13(2)17(10-12)23(19,20)18-8-9-22-16-7-6-14(21-3)11-15(16)18/h4-5,10,14-16H,6-9,11H2,1-3H3. The number of morpholine rings is 1. The number of sulfonamides is 1. The van der Waals surface area contributed by atoms with E-state index in [1.165, 1.54) is 0 Å². The van der Waals surface area contributed by atoms with Gasteiger partial charge in [-0.2, -0.15) is 4.31 Å². The Morgan fingerprint density at radius 2 is 2.04 bits per heavy atom. The predicted molar refractivity (Wildman–Crippen MR) is 88.0 cm³/mol. The average molecular weight is 339 g/mol. The number of hydrogen-bond donors (Lipinski definition) is 0. The van der Waals surface area contributed by atoms with E-state index in [9.17, 15) is 8.42 Å². The summed E-state index contributed by atoms with van der Waals surface area (Å²) in [5, 5.41) is 0. The molecule has 1 aliphatic carbocycles. The lowest BCUT2D eigenvalue weighted by molar-refractivity contribution is -0.0883. The molecular formula is C17H25NO4S. The molecule has 3 unspecified atom stereocenters. The quantitative estimate of drug-likeness (QED) is 0.848. The molecule has 1 aromatic carbocycles. The first kappa shape index (κ1) is 16.9. The van der Waals surface area contributed by atoms with Crippen LogP contribution in [0.3, 0.4) is 0 Å². The number of aryl methyl sites for hydroxylation is 2. The zero-order valence-corrected chi connectivity index (χ0v) is 14.8. The van der Waals surface area contributed by atoms with Crippen LogP contribution in [0.15, 0.2) is 23.1 Å². The Kier molecular flexibility index (Phi) is 4.78. The Morgan fingerprint density at radius 1 is 1.26 bits per heavy atom. The third kappa shape index (κ3) is 3.18. The molecule has 2 aliphatic rings. The third-order valence-electron chi connectivity index (χ3n) is 4.98. The van der Waals surface area contributed by atoms with Crippen molar-refractivity contribution in [1.29, 1.82) is 0 Å². The zero-order valence-electron chi connectivity index (χ0n) is 14.0. The van der Waals surface area contributed by atoms with Crippen LogP contribution < -0.4 is 0 Å². The topological polar surface area (TPSA) is 55.8 Å². The highest BCUT2D eigenvalue weighted by atomic mass is 32.2. The van der Waals surface area contributed by atoms with E-state index in [0.717, 1.165) is 24.0 Å². The predicted octanol–water partition coefficient (Wildman–Crippen LogP) is 2.26. The van der Waals surface area contributed by atoms with Gasteiger partial charge in [0.25, 0.3) is 0 Å². The zero-order chi connectivity index (χ0) is 16.6. The molecule has 0 radical (unpaired) electrons. The van der Waals surface area contributed by atoms with Crippen LogP contribution in [0.25, 0.3) is 0 Å². The van der Waals surface area contributed by atoms with Gasteiger partial charge < -0.3 is 9.47 Å². The lowest BCUT2D eigenvalue weighted by atomic mass is 9.89. The van der Waals surface area contributed by atoms with Crippen molar-refractivity contribution in [2.75, 3.05) is 20.3 Å². The molecule has 0 spiro atoms. The highest BCUT2D eigenvalue weighted by Gasteiger charge is 2.43. The number of fused-ring (bicyclic) bond motifs is 1. The van der Waals surface area contributed by atoms with Crippen molar-refractivity contribution in [3.8, 4) is 0 Å². The van der Waals surface area contributed by atoms with Gasteiger partial charge in [0, 0.05) is 13.7 Å². The second kappa shape index (κ2) is 6.51. The molecule has 1 heterocycles. The van der Waals surface area contributed by atoms with E-state index in [1.54, 1.807) is 17.5 Å². The molecule has 3 rings (SSSR count). The molecule has 1 aromatic rings. The lowest BCUT2D eigenvalue weighted by Gasteiger charge is -2.44. The molecule has 1 aliphatic heterocycles. The van der Waals surface area contributed by atoms with Gasteiger partial charge in [-0.1, -0.05) is 12.1 Å². The van der Waals surface area contributed by atoms with Crippen LogP contribution in [0, 0.1) is 13.8 Å². The van der Waals surface area contributed by atoms with E-state index in [-0.39, 0.29) is 18.2 Å². The summed E-state index contributed by atoms with van der Waals surface area (Å²) < 4.78 is 39.4. The maximum absolute atomic E-state index is 13.2. The minimum Gasteiger partial charge on any atom is -0.381 e. The van der Waals surface area contributed by atoms with Crippen LogP contribution in [-0.2, 0) is 19.5 Å². The van der Waals surface area contributed by atoms with E-state index in [1.807, 2.05) is 26.0 Å². The van der Waals surface area contributed by atoms with Gasteiger partial charge in [-0.15, -0.1) is 0 Å². The molecule has 0 aromatic heterocycles. The Hall–Kier alpha value is -0.950. The van der Waals surface area contributed by atoms with Crippen LogP contribution in [0.4, 0.5) is 0 Å². The Balaban J connectivity index is 1.96. The van der Waals surface area contributed by atoms with Gasteiger partial charge in [-0.05, 0) is 50.3 Å². The Labute approximate surface area is 138 Å². The largest absolute Gasteiger partial charge is 0.381 e. The summed E-state index contributed by atoms with van der Waals surface area (Å²) in [6, 6.07) is 5.45. The van der Waals surface area contributed by atoms with Crippen LogP contribution in [0.5, 0.6) is 0 Å². The molecule has 0 bridgehead atoms. The van der Waals surface area contributed by atoms with Gasteiger partial charge in [0.15, 0.2) is 0 Å². The smallest absolute Gasteiger partial charge is 0.243 e. The number of rotatable bonds is 3. The molecule has 5 nitrogen and oxygen atoms in total. The SMILES string of the molecule is COC1CCC2OCCN(S(=O)(=O)c3cc(C)ccc3C)C2C1. The minimum atomic E-state index is -3.52. The fourth-order valence-corrected chi connectivity index (χ4v) is 5.62. The maximum atomic E-state index is 13.2. The van der Waals surface area contributed by atoms with Gasteiger partial charge in [-0.3, -0.25) is 0 Å². The fraction of sp³-hybridized carbons (Fsp3) is 0.647. The van der Waals surface area contributed by atoms with Gasteiger partial charge in [0.1, 0.15) is 0 Å². The fourth-order valence-electron chi connectivity index (χ4n) is 3.66. The van der Waals surface area contributed by atoms with Crippen molar-refractivity contribution in [1.82, 2.24) is 4.31 Å². The van der Waals surface area contributed by atoms with E-state index >= 15 is 0 Å². The first-order chi connectivity index (χ1) is 10.9. The van der Waals surface area contributed by atoms with E-state index in [4.69, 9.17) is 9.47 Å². The van der Waals surface area contributed by atoms with Gasteiger partial charge in [0.2, 0.25) is 10.0 Å². The van der Waals surface area contributed by atoms with Gasteiger partial charge in [0.05, 0.1) is 29.8 Å². The number of nitrogens with zero attached hydrogens (tertiary/aromatic N) is 1. The summed E-state index contributed by atoms with van der Waals surface area (Å²) in [5.74, 6) is 0. The molecule has 0 amide bonds. The summed E-state index contributed by atoms with van der Waals surface area (Å²) in [6.45, 7) is 4.64. The molecule has 0 N–H and O–H groups in total. The second-order valence-corrected chi connectivity index (χ2v) is 8.39. The highest BCUT2D eigenvalue weighted by Crippen LogP contribution is 2.34. The summed E-state index contributed by atoms with van der Waals surface area (Å²) in [6.07, 6.45) is 2.56. The van der Waals surface area contributed by atoms with Crippen LogP contribution in [0.2, 0.25) is 0 Å². The molecule has 1 saturated heterocycles. The Bertz CT molecular complexity index is 673. The summed E-state index contributed by atoms with van der Waals surface area (Å²) in [5.41, 5.74) is 1.75. The number of methoxy groups -OCH3 is 1. The molecule has 2 fully saturated rings. The van der Waals surface area contributed by atoms with Crippen LogP contribution in [-0.4, -0.2) is 51.2 Å². The lowest BCUT2D eigenvalue weighted by Crippen LogP contribution is -2.56. The second-order valence-electron chi connectivity index (χ2n) is 6.53. The molecule has 6 heteroatoms.